The van der Waals surface area contributed by atoms with Crippen molar-refractivity contribution in [1.82, 2.24) is 5.32 Å². The van der Waals surface area contributed by atoms with Crippen LogP contribution in [0.25, 0.3) is 0 Å². The summed E-state index contributed by atoms with van der Waals surface area (Å²) in [7, 11) is 3.11. The van der Waals surface area contributed by atoms with Crippen molar-refractivity contribution in [2.45, 2.75) is 18.3 Å². The van der Waals surface area contributed by atoms with Gasteiger partial charge in [0.15, 0.2) is 0 Å². The molecule has 0 aliphatic heterocycles. The molecule has 1 aliphatic carbocycles. The highest BCUT2D eigenvalue weighted by atomic mass is 16.5. The lowest BCUT2D eigenvalue weighted by molar-refractivity contribution is 0.0943. The first kappa shape index (κ1) is 15.4. The number of hydrogen-bond donors (Lipinski definition) is 1. The maximum absolute atomic E-state index is 12.6. The molecular formula is C19H21NO3. The van der Waals surface area contributed by atoms with E-state index in [4.69, 9.17) is 9.47 Å². The SMILES string of the molecule is COc1cccc(OC)c1C(=O)NCC1(c2ccccc2)CC1. The predicted octanol–water partition coefficient (Wildman–Crippen LogP) is 3.17. The van der Waals surface area contributed by atoms with Gasteiger partial charge in [-0.05, 0) is 30.5 Å². The highest BCUT2D eigenvalue weighted by Crippen LogP contribution is 2.47. The minimum Gasteiger partial charge on any atom is -0.496 e. The zero-order valence-electron chi connectivity index (χ0n) is 13.5. The number of carbonyl (C=O) groups excluding carboxylic acids is 1. The minimum atomic E-state index is -0.165. The van der Waals surface area contributed by atoms with Gasteiger partial charge >= 0.3 is 0 Å². The summed E-state index contributed by atoms with van der Waals surface area (Å²) in [6, 6.07) is 15.7. The molecule has 2 aromatic carbocycles. The molecule has 1 N–H and O–H groups in total. The second-order valence-corrected chi connectivity index (χ2v) is 5.87. The van der Waals surface area contributed by atoms with Crippen LogP contribution in [0, 0.1) is 0 Å². The van der Waals surface area contributed by atoms with Crippen molar-refractivity contribution < 1.29 is 14.3 Å². The third kappa shape index (κ3) is 3.02. The molecule has 0 saturated heterocycles. The summed E-state index contributed by atoms with van der Waals surface area (Å²) in [5.74, 6) is 0.874. The molecule has 3 rings (SSSR count). The van der Waals surface area contributed by atoms with Gasteiger partial charge in [-0.3, -0.25) is 4.79 Å². The van der Waals surface area contributed by atoms with Crippen molar-refractivity contribution >= 4 is 5.91 Å². The molecule has 1 fully saturated rings. The Morgan fingerprint density at radius 2 is 1.61 bits per heavy atom. The number of amides is 1. The van der Waals surface area contributed by atoms with Crippen LogP contribution in [0.15, 0.2) is 48.5 Å². The molecule has 2 aromatic rings. The van der Waals surface area contributed by atoms with E-state index in [0.29, 0.717) is 23.6 Å². The molecule has 0 atom stereocenters. The van der Waals surface area contributed by atoms with Crippen LogP contribution in [0.1, 0.15) is 28.8 Å². The van der Waals surface area contributed by atoms with Crippen molar-refractivity contribution in [3.05, 3.63) is 59.7 Å². The van der Waals surface area contributed by atoms with Crippen molar-refractivity contribution in [2.75, 3.05) is 20.8 Å². The minimum absolute atomic E-state index is 0.0756. The average molecular weight is 311 g/mol. The molecular weight excluding hydrogens is 290 g/mol. The smallest absolute Gasteiger partial charge is 0.258 e. The van der Waals surface area contributed by atoms with Crippen LogP contribution in [0.3, 0.4) is 0 Å². The molecule has 0 unspecified atom stereocenters. The summed E-state index contributed by atoms with van der Waals surface area (Å²) in [5, 5.41) is 3.05. The Hall–Kier alpha value is -2.49. The van der Waals surface area contributed by atoms with Crippen LogP contribution in [0.5, 0.6) is 11.5 Å². The fourth-order valence-corrected chi connectivity index (χ4v) is 2.92. The normalized spacial score (nSPS) is 14.9. The molecule has 0 spiro atoms. The zero-order chi connectivity index (χ0) is 16.3. The highest BCUT2D eigenvalue weighted by Gasteiger charge is 2.44. The van der Waals surface area contributed by atoms with Crippen molar-refractivity contribution in [3.63, 3.8) is 0 Å². The number of benzene rings is 2. The predicted molar refractivity (Wildman–Crippen MR) is 89.2 cm³/mol. The first-order valence-electron chi connectivity index (χ1n) is 7.75. The highest BCUT2D eigenvalue weighted by molar-refractivity contribution is 5.99. The van der Waals surface area contributed by atoms with Gasteiger partial charge < -0.3 is 14.8 Å². The maximum atomic E-state index is 12.6. The Labute approximate surface area is 136 Å². The van der Waals surface area contributed by atoms with Crippen molar-refractivity contribution in [3.8, 4) is 11.5 Å². The van der Waals surface area contributed by atoms with E-state index in [0.717, 1.165) is 12.8 Å². The fraction of sp³-hybridized carbons (Fsp3) is 0.316. The second-order valence-electron chi connectivity index (χ2n) is 5.87. The molecule has 1 saturated carbocycles. The molecule has 120 valence electrons. The standard InChI is InChI=1S/C19H21NO3/c1-22-15-9-6-10-16(23-2)17(15)18(21)20-13-19(11-12-19)14-7-4-3-5-8-14/h3-10H,11-13H2,1-2H3,(H,20,21). The number of nitrogens with one attached hydrogen (secondary N) is 1. The molecule has 0 radical (unpaired) electrons. The van der Waals surface area contributed by atoms with Gasteiger partial charge in [0.25, 0.3) is 5.91 Å². The van der Waals surface area contributed by atoms with Gasteiger partial charge in [0.05, 0.1) is 14.2 Å². The molecule has 23 heavy (non-hydrogen) atoms. The van der Waals surface area contributed by atoms with E-state index in [1.54, 1.807) is 32.4 Å². The summed E-state index contributed by atoms with van der Waals surface area (Å²) in [4.78, 5) is 12.6. The summed E-state index contributed by atoms with van der Waals surface area (Å²) < 4.78 is 10.6. The van der Waals surface area contributed by atoms with E-state index in [2.05, 4.69) is 17.4 Å². The van der Waals surface area contributed by atoms with Gasteiger partial charge in [0.1, 0.15) is 17.1 Å². The Kier molecular flexibility index (Phi) is 4.24. The van der Waals surface area contributed by atoms with Crippen molar-refractivity contribution in [1.29, 1.82) is 0 Å². The third-order valence-corrected chi connectivity index (χ3v) is 4.48. The van der Waals surface area contributed by atoms with Crippen LogP contribution in [-0.4, -0.2) is 26.7 Å². The molecule has 0 bridgehead atoms. The number of carbonyl (C=O) groups is 1. The van der Waals surface area contributed by atoms with Gasteiger partial charge in [0.2, 0.25) is 0 Å². The average Bonchev–Trinajstić information content (AvgIpc) is 3.41. The van der Waals surface area contributed by atoms with Crippen molar-refractivity contribution in [2.24, 2.45) is 0 Å². The quantitative estimate of drug-likeness (QED) is 0.891. The topological polar surface area (TPSA) is 47.6 Å². The van der Waals surface area contributed by atoms with E-state index in [9.17, 15) is 4.79 Å². The third-order valence-electron chi connectivity index (χ3n) is 4.48. The summed E-state index contributed by atoms with van der Waals surface area (Å²) in [6.45, 7) is 0.622. The summed E-state index contributed by atoms with van der Waals surface area (Å²) in [6.07, 6.45) is 2.20. The molecule has 1 amide bonds. The van der Waals surface area contributed by atoms with Crippen LogP contribution < -0.4 is 14.8 Å². The lowest BCUT2D eigenvalue weighted by atomic mass is 9.96. The van der Waals surface area contributed by atoms with Crippen LogP contribution in [0.2, 0.25) is 0 Å². The van der Waals surface area contributed by atoms with Crippen LogP contribution >= 0.6 is 0 Å². The van der Waals surface area contributed by atoms with E-state index >= 15 is 0 Å². The van der Waals surface area contributed by atoms with E-state index < -0.39 is 0 Å². The van der Waals surface area contributed by atoms with E-state index in [-0.39, 0.29) is 11.3 Å². The lowest BCUT2D eigenvalue weighted by Gasteiger charge is -2.18. The Balaban J connectivity index is 1.76. The fourth-order valence-electron chi connectivity index (χ4n) is 2.92. The summed E-state index contributed by atoms with van der Waals surface area (Å²) >= 11 is 0. The van der Waals surface area contributed by atoms with Gasteiger partial charge in [-0.1, -0.05) is 36.4 Å². The molecule has 0 aromatic heterocycles. The largest absolute Gasteiger partial charge is 0.496 e. The Morgan fingerprint density at radius 1 is 1.00 bits per heavy atom. The zero-order valence-corrected chi connectivity index (χ0v) is 13.5. The van der Waals surface area contributed by atoms with Gasteiger partial charge in [-0.15, -0.1) is 0 Å². The van der Waals surface area contributed by atoms with Crippen LogP contribution in [-0.2, 0) is 5.41 Å². The molecule has 4 heteroatoms. The maximum Gasteiger partial charge on any atom is 0.258 e. The molecule has 0 heterocycles. The lowest BCUT2D eigenvalue weighted by Crippen LogP contribution is -2.32. The Morgan fingerprint density at radius 3 is 2.13 bits per heavy atom. The number of hydrogen-bond acceptors (Lipinski definition) is 3. The number of rotatable bonds is 6. The molecule has 4 nitrogen and oxygen atoms in total. The number of ether oxygens (including phenoxy) is 2. The van der Waals surface area contributed by atoms with E-state index in [1.165, 1.54) is 5.56 Å². The summed E-state index contributed by atoms with van der Waals surface area (Å²) in [5.41, 5.74) is 1.81. The number of methoxy groups -OCH3 is 2. The van der Waals surface area contributed by atoms with E-state index in [1.807, 2.05) is 18.2 Å². The van der Waals surface area contributed by atoms with Crippen LogP contribution in [0.4, 0.5) is 0 Å². The Bertz CT molecular complexity index is 671. The first-order chi connectivity index (χ1) is 11.2. The molecule has 1 aliphatic rings. The van der Waals surface area contributed by atoms with Gasteiger partial charge in [-0.2, -0.15) is 0 Å². The first-order valence-corrected chi connectivity index (χ1v) is 7.75. The van der Waals surface area contributed by atoms with Gasteiger partial charge in [-0.25, -0.2) is 0 Å². The van der Waals surface area contributed by atoms with Gasteiger partial charge in [0, 0.05) is 12.0 Å². The monoisotopic (exact) mass is 311 g/mol. The second kappa shape index (κ2) is 6.32.